The first-order valence-electron chi connectivity index (χ1n) is 8.09. The smallest absolute Gasteiger partial charge is 0.393 e. The molecule has 0 amide bonds. The molecule has 0 saturated carbocycles. The number of allylic oxidation sites excluding steroid dienone is 1. The highest BCUT2D eigenvalue weighted by molar-refractivity contribution is 7.93. The van der Waals surface area contributed by atoms with E-state index in [2.05, 4.69) is 5.16 Å². The molecular formula is C17H22ClF3N2O4S. The summed E-state index contributed by atoms with van der Waals surface area (Å²) in [5.41, 5.74) is -4.77. The topological polar surface area (TPSA) is 68.2 Å². The van der Waals surface area contributed by atoms with E-state index in [1.165, 1.54) is 38.3 Å². The summed E-state index contributed by atoms with van der Waals surface area (Å²) in [7, 11) is -4.19. The fourth-order valence-electron chi connectivity index (χ4n) is 2.04. The van der Waals surface area contributed by atoms with Crippen molar-refractivity contribution >= 4 is 33.0 Å². The van der Waals surface area contributed by atoms with Gasteiger partial charge in [-0.15, -0.1) is 0 Å². The Morgan fingerprint density at radius 1 is 1.25 bits per heavy atom. The number of hydrogen-bond donors (Lipinski definition) is 0. The second-order valence-electron chi connectivity index (χ2n) is 5.93. The summed E-state index contributed by atoms with van der Waals surface area (Å²) in [6.45, 7) is 4.65. The van der Waals surface area contributed by atoms with Gasteiger partial charge in [0.15, 0.2) is 0 Å². The molecule has 0 aliphatic carbocycles. The van der Waals surface area contributed by atoms with Crippen LogP contribution in [0, 0.1) is 0 Å². The molecule has 0 aromatic heterocycles. The lowest BCUT2D eigenvalue weighted by atomic mass is 10.1. The summed E-state index contributed by atoms with van der Waals surface area (Å²) >= 11 is 5.96. The van der Waals surface area contributed by atoms with Gasteiger partial charge in [0.05, 0.1) is 24.6 Å². The molecule has 0 radical (unpaired) electrons. The van der Waals surface area contributed by atoms with Gasteiger partial charge < -0.3 is 9.57 Å². The first kappa shape index (κ1) is 24.3. The highest BCUT2D eigenvalue weighted by Gasteiger charge is 2.50. The highest BCUT2D eigenvalue weighted by atomic mass is 35.5. The number of halogens is 4. The molecule has 0 spiro atoms. The Kier molecular flexibility index (Phi) is 8.77. The van der Waals surface area contributed by atoms with E-state index in [-0.39, 0.29) is 39.5 Å². The number of methoxy groups -OCH3 is 1. The third kappa shape index (κ3) is 6.39. The van der Waals surface area contributed by atoms with Crippen molar-refractivity contribution in [1.29, 1.82) is 0 Å². The van der Waals surface area contributed by atoms with Crippen LogP contribution in [0.5, 0.6) is 0 Å². The Balaban J connectivity index is 3.51. The fourth-order valence-corrected chi connectivity index (χ4v) is 3.16. The summed E-state index contributed by atoms with van der Waals surface area (Å²) in [6.07, 6.45) is 1.38. The Bertz CT molecular complexity index is 835. The molecule has 0 saturated heterocycles. The molecule has 0 atom stereocenters. The third-order valence-corrected chi connectivity index (χ3v) is 5.19. The van der Waals surface area contributed by atoms with Gasteiger partial charge in [-0.25, -0.2) is 0 Å². The van der Waals surface area contributed by atoms with Crippen LogP contribution in [0.25, 0.3) is 0 Å². The van der Waals surface area contributed by atoms with Gasteiger partial charge in [0.25, 0.3) is 0 Å². The van der Waals surface area contributed by atoms with Crippen molar-refractivity contribution in [3.05, 3.63) is 40.4 Å². The van der Waals surface area contributed by atoms with Crippen molar-refractivity contribution in [1.82, 2.24) is 0 Å². The Labute approximate surface area is 167 Å². The summed E-state index contributed by atoms with van der Waals surface area (Å²) in [5, 5.41) is 4.02. The predicted molar refractivity (Wildman–Crippen MR) is 103 cm³/mol. The molecule has 0 fully saturated rings. The zero-order chi connectivity index (χ0) is 21.5. The first-order chi connectivity index (χ1) is 12.9. The first-order valence-corrected chi connectivity index (χ1v) is 9.91. The van der Waals surface area contributed by atoms with E-state index in [0.717, 1.165) is 0 Å². The second-order valence-corrected chi connectivity index (χ2v) is 8.22. The third-order valence-electron chi connectivity index (χ3n) is 3.45. The molecule has 0 bridgehead atoms. The van der Waals surface area contributed by atoms with Crippen LogP contribution in [0.15, 0.2) is 35.0 Å². The summed E-state index contributed by atoms with van der Waals surface area (Å²) in [6, 6.07) is 3.84. The van der Waals surface area contributed by atoms with Crippen molar-refractivity contribution in [3.8, 4) is 0 Å². The van der Waals surface area contributed by atoms with Gasteiger partial charge in [0, 0.05) is 17.7 Å². The molecule has 1 aromatic carbocycles. The van der Waals surface area contributed by atoms with Gasteiger partial charge >= 0.3 is 15.5 Å². The number of rotatable bonds is 9. The quantitative estimate of drug-likeness (QED) is 0.247. The van der Waals surface area contributed by atoms with E-state index in [9.17, 15) is 21.6 Å². The summed E-state index contributed by atoms with van der Waals surface area (Å²) in [5.74, 6) is 0. The molecular weight excluding hydrogens is 421 g/mol. The second kappa shape index (κ2) is 10.1. The monoisotopic (exact) mass is 442 g/mol. The number of ether oxygens (including phenoxy) is 1. The number of anilines is 1. The molecule has 6 nitrogen and oxygen atoms in total. The van der Waals surface area contributed by atoms with E-state index in [0.29, 0.717) is 5.57 Å². The van der Waals surface area contributed by atoms with Gasteiger partial charge in [0.1, 0.15) is 6.61 Å². The minimum absolute atomic E-state index is 0.0971. The number of hydrogen-bond acceptors (Lipinski definition) is 5. The van der Waals surface area contributed by atoms with Gasteiger partial charge in [-0.05, 0) is 39.0 Å². The van der Waals surface area contributed by atoms with Gasteiger partial charge in [0.2, 0.25) is 0 Å². The average Bonchev–Trinajstić information content (AvgIpc) is 2.58. The van der Waals surface area contributed by atoms with Crippen LogP contribution in [0.4, 0.5) is 18.9 Å². The lowest BCUT2D eigenvalue weighted by Gasteiger charge is -2.26. The molecule has 0 heterocycles. The minimum Gasteiger partial charge on any atom is -0.393 e. The maximum absolute atomic E-state index is 13.2. The van der Waals surface area contributed by atoms with Gasteiger partial charge in [-0.1, -0.05) is 28.4 Å². The fraction of sp³-hybridized carbons (Fsp3) is 0.471. The zero-order valence-corrected chi connectivity index (χ0v) is 17.5. The maximum Gasteiger partial charge on any atom is 0.516 e. The standard InChI is InChI=1S/C17H22ClF3N2O4S/c1-12(2)7-8-23(28(24,25)17(19,20)21)16-6-5-14(18)11-15(16)13(3)22-27-10-9-26-4/h5-7,11H,8-10H2,1-4H3. The molecule has 158 valence electrons. The molecule has 11 heteroatoms. The molecule has 0 aliphatic rings. The maximum atomic E-state index is 13.2. The van der Waals surface area contributed by atoms with E-state index in [1.54, 1.807) is 13.8 Å². The van der Waals surface area contributed by atoms with Crippen LogP contribution in [0.3, 0.4) is 0 Å². The van der Waals surface area contributed by atoms with Crippen molar-refractivity contribution < 1.29 is 31.2 Å². The van der Waals surface area contributed by atoms with Crippen LogP contribution < -0.4 is 4.31 Å². The number of nitrogens with zero attached hydrogens (tertiary/aromatic N) is 2. The van der Waals surface area contributed by atoms with Crippen LogP contribution in [-0.4, -0.2) is 46.5 Å². The lowest BCUT2D eigenvalue weighted by molar-refractivity contribution is -0.0437. The van der Waals surface area contributed by atoms with Crippen molar-refractivity contribution in [2.75, 3.05) is 31.2 Å². The minimum atomic E-state index is -5.66. The molecule has 0 aliphatic heterocycles. The number of sulfonamides is 1. The Hall–Kier alpha value is -1.78. The number of oxime groups is 1. The van der Waals surface area contributed by atoms with E-state index in [4.69, 9.17) is 21.2 Å². The Morgan fingerprint density at radius 2 is 1.89 bits per heavy atom. The van der Waals surface area contributed by atoms with Crippen LogP contribution in [0.1, 0.15) is 26.3 Å². The molecule has 1 aromatic rings. The number of alkyl halides is 3. The largest absolute Gasteiger partial charge is 0.516 e. The van der Waals surface area contributed by atoms with Crippen LogP contribution in [0.2, 0.25) is 5.02 Å². The highest BCUT2D eigenvalue weighted by Crippen LogP contribution is 2.34. The van der Waals surface area contributed by atoms with Crippen molar-refractivity contribution in [3.63, 3.8) is 0 Å². The average molecular weight is 443 g/mol. The zero-order valence-electron chi connectivity index (χ0n) is 15.9. The van der Waals surface area contributed by atoms with Gasteiger partial charge in [-0.3, -0.25) is 4.31 Å². The van der Waals surface area contributed by atoms with Crippen molar-refractivity contribution in [2.45, 2.75) is 26.3 Å². The van der Waals surface area contributed by atoms with Crippen molar-refractivity contribution in [2.24, 2.45) is 5.16 Å². The lowest BCUT2D eigenvalue weighted by Crippen LogP contribution is -2.41. The van der Waals surface area contributed by atoms with E-state index < -0.39 is 22.1 Å². The molecule has 0 unspecified atom stereocenters. The summed E-state index contributed by atoms with van der Waals surface area (Å²) in [4.78, 5) is 5.03. The Morgan fingerprint density at radius 3 is 2.43 bits per heavy atom. The van der Waals surface area contributed by atoms with E-state index in [1.807, 2.05) is 0 Å². The van der Waals surface area contributed by atoms with E-state index >= 15 is 0 Å². The normalized spacial score (nSPS) is 12.6. The molecule has 1 rings (SSSR count). The summed E-state index contributed by atoms with van der Waals surface area (Å²) < 4.78 is 69.2. The molecule has 0 N–H and O–H groups in total. The SMILES string of the molecule is COCCON=C(C)c1cc(Cl)ccc1N(CC=C(C)C)S(=O)(=O)C(F)(F)F. The van der Waals surface area contributed by atoms with Gasteiger partial charge in [-0.2, -0.15) is 21.6 Å². The molecule has 28 heavy (non-hydrogen) atoms. The number of benzene rings is 1. The van der Waals surface area contributed by atoms with Crippen LogP contribution in [-0.2, 0) is 19.6 Å². The van der Waals surface area contributed by atoms with Crippen LogP contribution >= 0.6 is 11.6 Å². The predicted octanol–water partition coefficient (Wildman–Crippen LogP) is 4.35.